The Kier molecular flexibility index (Phi) is 5.21. The Balaban J connectivity index is 1.20. The van der Waals surface area contributed by atoms with Crippen molar-refractivity contribution in [2.45, 2.75) is 43.8 Å². The number of carbonyl (C=O) groups excluding carboxylic acids is 1. The lowest BCUT2D eigenvalue weighted by Gasteiger charge is -2.14. The fourth-order valence-electron chi connectivity index (χ4n) is 4.50. The van der Waals surface area contributed by atoms with Crippen molar-refractivity contribution in [3.8, 4) is 11.6 Å². The molecule has 6 rings (SSSR count). The Morgan fingerprint density at radius 2 is 2.06 bits per heavy atom. The SMILES string of the molecule is O=C(Nc1cc(C2(C(F)(F)F)CC2)on1)n1ccc2cc(Oc3ncnc4c3CNCCC4)ccc21. The number of fused-ring (bicyclic) bond motifs is 2. The number of rotatable bonds is 4. The molecule has 4 heterocycles. The number of aryl methyl sites for hydroxylation is 1. The first-order chi connectivity index (χ1) is 17.3. The van der Waals surface area contributed by atoms with Gasteiger partial charge in [-0.3, -0.25) is 9.88 Å². The van der Waals surface area contributed by atoms with Gasteiger partial charge in [-0.1, -0.05) is 5.16 Å². The van der Waals surface area contributed by atoms with Gasteiger partial charge in [0.2, 0.25) is 5.88 Å². The van der Waals surface area contributed by atoms with Crippen LogP contribution in [0.5, 0.6) is 11.6 Å². The number of aromatic nitrogens is 4. The van der Waals surface area contributed by atoms with Crippen LogP contribution in [0.15, 0.2) is 47.4 Å². The van der Waals surface area contributed by atoms with Crippen molar-refractivity contribution in [1.82, 2.24) is 25.0 Å². The molecule has 1 saturated carbocycles. The first kappa shape index (κ1) is 22.5. The van der Waals surface area contributed by atoms with E-state index < -0.39 is 17.6 Å². The molecule has 0 unspecified atom stereocenters. The molecule has 0 saturated heterocycles. The van der Waals surface area contributed by atoms with Crippen molar-refractivity contribution in [3.63, 3.8) is 0 Å². The molecular weight excluding hydrogens is 477 g/mol. The number of carbonyl (C=O) groups is 1. The fourth-order valence-corrected chi connectivity index (χ4v) is 4.50. The van der Waals surface area contributed by atoms with Gasteiger partial charge in [-0.2, -0.15) is 13.2 Å². The van der Waals surface area contributed by atoms with Crippen LogP contribution in [-0.2, 0) is 18.4 Å². The van der Waals surface area contributed by atoms with E-state index in [1.807, 2.05) is 0 Å². The average molecular weight is 498 g/mol. The average Bonchev–Trinajstić information content (AvgIpc) is 3.47. The van der Waals surface area contributed by atoms with Crippen LogP contribution in [0.3, 0.4) is 0 Å². The van der Waals surface area contributed by atoms with Crippen LogP contribution in [0.4, 0.5) is 23.8 Å². The van der Waals surface area contributed by atoms with Gasteiger partial charge in [0.05, 0.1) is 16.8 Å². The van der Waals surface area contributed by atoms with E-state index in [9.17, 15) is 18.0 Å². The van der Waals surface area contributed by atoms with Crippen LogP contribution < -0.4 is 15.4 Å². The lowest BCUT2D eigenvalue weighted by molar-refractivity contribution is -0.165. The number of amides is 1. The van der Waals surface area contributed by atoms with E-state index in [1.165, 1.54) is 10.9 Å². The van der Waals surface area contributed by atoms with Gasteiger partial charge in [0, 0.05) is 24.2 Å². The van der Waals surface area contributed by atoms with Gasteiger partial charge < -0.3 is 14.6 Å². The van der Waals surface area contributed by atoms with Gasteiger partial charge in [0.25, 0.3) is 0 Å². The molecule has 9 nitrogen and oxygen atoms in total. The van der Waals surface area contributed by atoms with E-state index in [2.05, 4.69) is 25.8 Å². The fraction of sp³-hybridized carbons (Fsp3) is 0.333. The van der Waals surface area contributed by atoms with Crippen molar-refractivity contribution < 1.29 is 27.2 Å². The maximum Gasteiger partial charge on any atom is 0.401 e. The molecule has 1 fully saturated rings. The molecule has 36 heavy (non-hydrogen) atoms. The normalized spacial score (nSPS) is 16.9. The molecule has 1 aliphatic heterocycles. The Bertz CT molecular complexity index is 1460. The minimum atomic E-state index is -4.43. The lowest BCUT2D eigenvalue weighted by Crippen LogP contribution is -2.28. The van der Waals surface area contributed by atoms with Crippen LogP contribution in [0.25, 0.3) is 10.9 Å². The first-order valence-electron chi connectivity index (χ1n) is 11.5. The summed E-state index contributed by atoms with van der Waals surface area (Å²) in [5.41, 5.74) is 0.475. The van der Waals surface area contributed by atoms with E-state index in [4.69, 9.17) is 9.26 Å². The highest BCUT2D eigenvalue weighted by Crippen LogP contribution is 2.59. The molecule has 2 aliphatic rings. The molecule has 0 bridgehead atoms. The second-order valence-corrected chi connectivity index (χ2v) is 8.98. The molecule has 0 spiro atoms. The summed E-state index contributed by atoms with van der Waals surface area (Å²) in [5, 5.41) is 10.2. The summed E-state index contributed by atoms with van der Waals surface area (Å²) in [4.78, 5) is 21.5. The minimum Gasteiger partial charge on any atom is -0.439 e. The Labute approximate surface area is 202 Å². The Hall–Kier alpha value is -3.93. The summed E-state index contributed by atoms with van der Waals surface area (Å²) in [5.74, 6) is 0.668. The van der Waals surface area contributed by atoms with Crippen LogP contribution in [0.1, 0.15) is 36.3 Å². The number of alkyl halides is 3. The molecule has 2 N–H and O–H groups in total. The number of nitrogens with zero attached hydrogens (tertiary/aromatic N) is 4. The van der Waals surface area contributed by atoms with Crippen LogP contribution in [0, 0.1) is 0 Å². The molecule has 1 amide bonds. The van der Waals surface area contributed by atoms with Crippen LogP contribution >= 0.6 is 0 Å². The zero-order valence-corrected chi connectivity index (χ0v) is 18.9. The third-order valence-electron chi connectivity index (χ3n) is 6.67. The number of nitrogens with one attached hydrogen (secondary N) is 2. The predicted molar refractivity (Wildman–Crippen MR) is 122 cm³/mol. The van der Waals surface area contributed by atoms with Gasteiger partial charge in [0.1, 0.15) is 17.5 Å². The highest BCUT2D eigenvalue weighted by molar-refractivity contribution is 5.98. The summed E-state index contributed by atoms with van der Waals surface area (Å²) in [6.45, 7) is 1.52. The largest absolute Gasteiger partial charge is 0.439 e. The van der Waals surface area contributed by atoms with Crippen molar-refractivity contribution >= 4 is 22.8 Å². The van der Waals surface area contributed by atoms with Crippen LogP contribution in [-0.4, -0.2) is 38.4 Å². The number of halogens is 3. The topological polar surface area (TPSA) is 107 Å². The molecule has 0 radical (unpaired) electrons. The van der Waals surface area contributed by atoms with E-state index >= 15 is 0 Å². The summed E-state index contributed by atoms with van der Waals surface area (Å²) in [6, 6.07) is 7.52. The third-order valence-corrected chi connectivity index (χ3v) is 6.67. The zero-order chi connectivity index (χ0) is 24.9. The Morgan fingerprint density at radius 1 is 1.19 bits per heavy atom. The standard InChI is InChI=1S/C24H21F3N6O3/c25-24(26,27)23(6-7-23)19-11-20(32-36-19)31-22(34)33-9-5-14-10-15(3-4-18(14)33)35-21-16-12-28-8-1-2-17(16)29-13-30-21/h3-5,9-11,13,28H,1-2,6-8,12H2,(H,31,32,34). The third kappa shape index (κ3) is 3.87. The van der Waals surface area contributed by atoms with Gasteiger partial charge in [-0.15, -0.1) is 0 Å². The van der Waals surface area contributed by atoms with Gasteiger partial charge in [-0.05, 0) is 56.5 Å². The molecule has 1 aromatic carbocycles. The van der Waals surface area contributed by atoms with E-state index in [1.54, 1.807) is 30.5 Å². The van der Waals surface area contributed by atoms with Crippen LogP contribution in [0.2, 0.25) is 0 Å². The number of anilines is 1. The first-order valence-corrected chi connectivity index (χ1v) is 11.5. The number of hydrogen-bond donors (Lipinski definition) is 2. The highest BCUT2D eigenvalue weighted by Gasteiger charge is 2.66. The zero-order valence-electron chi connectivity index (χ0n) is 18.9. The van der Waals surface area contributed by atoms with Crippen molar-refractivity contribution in [2.75, 3.05) is 11.9 Å². The Morgan fingerprint density at radius 3 is 2.86 bits per heavy atom. The predicted octanol–water partition coefficient (Wildman–Crippen LogP) is 4.92. The second-order valence-electron chi connectivity index (χ2n) is 8.98. The van der Waals surface area contributed by atoms with Gasteiger partial charge >= 0.3 is 12.2 Å². The molecule has 12 heteroatoms. The molecule has 4 aromatic rings. The maximum atomic E-state index is 13.3. The maximum absolute atomic E-state index is 13.3. The van der Waals surface area contributed by atoms with E-state index in [-0.39, 0.29) is 24.4 Å². The van der Waals surface area contributed by atoms with Gasteiger partial charge in [0.15, 0.2) is 11.6 Å². The summed E-state index contributed by atoms with van der Waals surface area (Å²) in [7, 11) is 0. The van der Waals surface area contributed by atoms with E-state index in [0.29, 0.717) is 23.7 Å². The highest BCUT2D eigenvalue weighted by atomic mass is 19.4. The summed E-state index contributed by atoms with van der Waals surface area (Å²) < 4.78 is 52.3. The van der Waals surface area contributed by atoms with Crippen molar-refractivity contribution in [2.24, 2.45) is 0 Å². The molecule has 3 aromatic heterocycles. The number of hydrogen-bond acceptors (Lipinski definition) is 7. The summed E-state index contributed by atoms with van der Waals surface area (Å²) >= 11 is 0. The lowest BCUT2D eigenvalue weighted by atomic mass is 10.0. The monoisotopic (exact) mass is 498 g/mol. The smallest absolute Gasteiger partial charge is 0.401 e. The second kappa shape index (κ2) is 8.33. The number of ether oxygens (including phenoxy) is 1. The van der Waals surface area contributed by atoms with E-state index in [0.717, 1.165) is 42.1 Å². The molecule has 186 valence electrons. The quantitative estimate of drug-likeness (QED) is 0.411. The minimum absolute atomic E-state index is 0.0555. The van der Waals surface area contributed by atoms with Crippen molar-refractivity contribution in [3.05, 3.63) is 59.9 Å². The molecular formula is C24H21F3N6O3. The summed E-state index contributed by atoms with van der Waals surface area (Å²) in [6.07, 6.45) is 0.356. The number of benzene rings is 1. The molecule has 0 atom stereocenters. The molecule has 1 aliphatic carbocycles. The van der Waals surface area contributed by atoms with Crippen molar-refractivity contribution in [1.29, 1.82) is 0 Å². The van der Waals surface area contributed by atoms with Gasteiger partial charge in [-0.25, -0.2) is 14.8 Å².